The molecule has 1 heterocycles. The molecule has 0 fully saturated rings. The van der Waals surface area contributed by atoms with Gasteiger partial charge >= 0.3 is 0 Å². The van der Waals surface area contributed by atoms with Crippen LogP contribution < -0.4 is 10.5 Å². The van der Waals surface area contributed by atoms with Gasteiger partial charge in [0, 0.05) is 17.4 Å². The maximum atomic E-state index is 11.2. The number of carbonyl (C=O) groups excluding carboxylic acids is 1. The second kappa shape index (κ2) is 6.68. The first-order valence-electron chi connectivity index (χ1n) is 7.59. The van der Waals surface area contributed by atoms with Gasteiger partial charge in [-0.1, -0.05) is 18.2 Å². The number of hydrogen-bond donors (Lipinski definition) is 2. The number of amides is 1. The summed E-state index contributed by atoms with van der Waals surface area (Å²) in [6.07, 6.45) is -1.07. The minimum Gasteiger partial charge on any atom is -0.497 e. The number of nitrogens with zero attached hydrogens (tertiary/aromatic N) is 1. The van der Waals surface area contributed by atoms with Crippen LogP contribution in [-0.2, 0) is 11.2 Å². The van der Waals surface area contributed by atoms with Crippen molar-refractivity contribution in [2.75, 3.05) is 7.11 Å². The highest BCUT2D eigenvalue weighted by Crippen LogP contribution is 2.27. The monoisotopic (exact) mass is 322 g/mol. The van der Waals surface area contributed by atoms with Gasteiger partial charge in [-0.25, -0.2) is 4.98 Å². The first kappa shape index (κ1) is 16.0. The first-order chi connectivity index (χ1) is 11.6. The van der Waals surface area contributed by atoms with Gasteiger partial charge in [0.2, 0.25) is 5.91 Å². The Kier molecular flexibility index (Phi) is 4.44. The summed E-state index contributed by atoms with van der Waals surface area (Å²) in [5, 5.41) is 10.8. The third kappa shape index (κ3) is 3.21. The van der Waals surface area contributed by atoms with Crippen molar-refractivity contribution in [3.05, 3.63) is 60.2 Å². The number of aromatic nitrogens is 1. The number of hydrogen-bond acceptors (Lipinski definition) is 4. The lowest BCUT2D eigenvalue weighted by molar-refractivity contribution is -0.125. The molecule has 3 aromatic rings. The van der Waals surface area contributed by atoms with Crippen LogP contribution in [0, 0.1) is 0 Å². The van der Waals surface area contributed by atoms with Gasteiger partial charge in [0.25, 0.3) is 0 Å². The molecule has 5 heteroatoms. The van der Waals surface area contributed by atoms with E-state index in [1.807, 2.05) is 54.6 Å². The number of aliphatic hydroxyl groups excluding tert-OH is 1. The van der Waals surface area contributed by atoms with E-state index in [4.69, 9.17) is 10.5 Å². The molecule has 0 aliphatic heterocycles. The highest BCUT2D eigenvalue weighted by Gasteiger charge is 2.15. The van der Waals surface area contributed by atoms with Crippen molar-refractivity contribution in [1.29, 1.82) is 0 Å². The van der Waals surface area contributed by atoms with Crippen LogP contribution in [0.5, 0.6) is 5.75 Å². The molecule has 0 aliphatic rings. The molecule has 0 spiro atoms. The molecular formula is C19H18N2O3. The van der Waals surface area contributed by atoms with Crippen molar-refractivity contribution >= 4 is 16.8 Å². The molecule has 122 valence electrons. The Bertz CT molecular complexity index is 875. The third-order valence-electron chi connectivity index (χ3n) is 3.93. The maximum Gasteiger partial charge on any atom is 0.246 e. The number of benzene rings is 2. The average Bonchev–Trinajstić information content (AvgIpc) is 2.61. The largest absolute Gasteiger partial charge is 0.497 e. The molecular weight excluding hydrogens is 304 g/mol. The van der Waals surface area contributed by atoms with Gasteiger partial charge in [-0.3, -0.25) is 4.79 Å². The fraction of sp³-hybridized carbons (Fsp3) is 0.158. The summed E-state index contributed by atoms with van der Waals surface area (Å²) < 4.78 is 5.17. The number of nitrogens with two attached hydrogens (primary N) is 1. The number of carbonyl (C=O) groups is 1. The lowest BCUT2D eigenvalue weighted by Gasteiger charge is -2.12. The number of methoxy groups -OCH3 is 1. The van der Waals surface area contributed by atoms with Crippen LogP contribution in [0.25, 0.3) is 22.2 Å². The van der Waals surface area contributed by atoms with Crippen LogP contribution in [0.2, 0.25) is 0 Å². The summed E-state index contributed by atoms with van der Waals surface area (Å²) in [6, 6.07) is 17.1. The van der Waals surface area contributed by atoms with E-state index in [0.29, 0.717) is 0 Å². The van der Waals surface area contributed by atoms with Gasteiger partial charge in [-0.2, -0.15) is 0 Å². The van der Waals surface area contributed by atoms with Gasteiger partial charge in [0.05, 0.1) is 18.3 Å². The number of para-hydroxylation sites is 1. The molecule has 3 rings (SSSR count). The van der Waals surface area contributed by atoms with E-state index in [1.54, 1.807) is 7.11 Å². The minimum atomic E-state index is -1.22. The summed E-state index contributed by atoms with van der Waals surface area (Å²) in [7, 11) is 1.62. The number of aliphatic hydroxyl groups is 1. The van der Waals surface area contributed by atoms with E-state index in [1.165, 1.54) is 0 Å². The van der Waals surface area contributed by atoms with Crippen LogP contribution in [0.3, 0.4) is 0 Å². The molecule has 1 aromatic heterocycles. The predicted octanol–water partition coefficient (Wildman–Crippen LogP) is 2.30. The average molecular weight is 322 g/mol. The fourth-order valence-electron chi connectivity index (χ4n) is 2.63. The Hall–Kier alpha value is -2.92. The van der Waals surface area contributed by atoms with Crippen LogP contribution in [0.4, 0.5) is 0 Å². The van der Waals surface area contributed by atoms with E-state index < -0.39 is 12.0 Å². The highest BCUT2D eigenvalue weighted by atomic mass is 16.5. The van der Waals surface area contributed by atoms with Gasteiger partial charge < -0.3 is 15.6 Å². The van der Waals surface area contributed by atoms with E-state index in [-0.39, 0.29) is 6.42 Å². The molecule has 3 N–H and O–H groups in total. The fourth-order valence-corrected chi connectivity index (χ4v) is 2.63. The molecule has 0 saturated heterocycles. The van der Waals surface area contributed by atoms with Crippen LogP contribution >= 0.6 is 0 Å². The zero-order valence-corrected chi connectivity index (χ0v) is 13.3. The van der Waals surface area contributed by atoms with Crippen LogP contribution in [0.15, 0.2) is 54.6 Å². The van der Waals surface area contributed by atoms with Gasteiger partial charge in [0.1, 0.15) is 11.9 Å². The van der Waals surface area contributed by atoms with E-state index in [0.717, 1.165) is 33.5 Å². The Balaban J connectivity index is 2.09. The second-order valence-corrected chi connectivity index (χ2v) is 5.53. The Labute approximate surface area is 139 Å². The number of ether oxygens (including phenoxy) is 1. The summed E-state index contributed by atoms with van der Waals surface area (Å²) in [5.41, 5.74) is 8.52. The van der Waals surface area contributed by atoms with Crippen molar-refractivity contribution in [3.63, 3.8) is 0 Å². The summed E-state index contributed by atoms with van der Waals surface area (Å²) in [6.45, 7) is 0. The van der Waals surface area contributed by atoms with Crippen molar-refractivity contribution < 1.29 is 14.6 Å². The Morgan fingerprint density at radius 1 is 1.21 bits per heavy atom. The van der Waals surface area contributed by atoms with Gasteiger partial charge in [-0.15, -0.1) is 0 Å². The zero-order chi connectivity index (χ0) is 17.1. The summed E-state index contributed by atoms with van der Waals surface area (Å²) >= 11 is 0. The molecule has 1 atom stereocenters. The molecule has 24 heavy (non-hydrogen) atoms. The lowest BCUT2D eigenvalue weighted by Crippen LogP contribution is -2.30. The Morgan fingerprint density at radius 2 is 1.92 bits per heavy atom. The highest BCUT2D eigenvalue weighted by molar-refractivity contribution is 5.86. The molecule has 1 amide bonds. The Morgan fingerprint density at radius 3 is 2.58 bits per heavy atom. The maximum absolute atomic E-state index is 11.2. The molecule has 0 radical (unpaired) electrons. The second-order valence-electron chi connectivity index (χ2n) is 5.53. The zero-order valence-electron chi connectivity index (χ0n) is 13.3. The van der Waals surface area contributed by atoms with Crippen LogP contribution in [0.1, 0.15) is 5.56 Å². The molecule has 2 aromatic carbocycles. The standard InChI is InChI=1S/C19H18N2O3/c1-24-14-8-6-12(7-9-14)17-10-13(11-18(22)19(20)23)15-4-2-3-5-16(15)21-17/h2-10,18,22H,11H2,1H3,(H2,20,23). The number of fused-ring (bicyclic) bond motifs is 1. The topological polar surface area (TPSA) is 85.4 Å². The van der Waals surface area contributed by atoms with E-state index in [2.05, 4.69) is 4.98 Å². The number of rotatable bonds is 5. The lowest BCUT2D eigenvalue weighted by atomic mass is 9.99. The molecule has 1 unspecified atom stereocenters. The van der Waals surface area contributed by atoms with Crippen molar-refractivity contribution in [2.24, 2.45) is 5.73 Å². The molecule has 5 nitrogen and oxygen atoms in total. The third-order valence-corrected chi connectivity index (χ3v) is 3.93. The summed E-state index contributed by atoms with van der Waals surface area (Å²) in [5.74, 6) is 0.0332. The molecule has 0 saturated carbocycles. The number of pyridine rings is 1. The first-order valence-corrected chi connectivity index (χ1v) is 7.59. The van der Waals surface area contributed by atoms with Crippen molar-refractivity contribution in [1.82, 2.24) is 4.98 Å². The van der Waals surface area contributed by atoms with Crippen molar-refractivity contribution in [3.8, 4) is 17.0 Å². The SMILES string of the molecule is COc1ccc(-c2cc(CC(O)C(N)=O)c3ccccc3n2)cc1. The van der Waals surface area contributed by atoms with Gasteiger partial charge in [0.15, 0.2) is 0 Å². The van der Waals surface area contributed by atoms with Crippen molar-refractivity contribution in [2.45, 2.75) is 12.5 Å². The van der Waals surface area contributed by atoms with Crippen LogP contribution in [-0.4, -0.2) is 29.2 Å². The van der Waals surface area contributed by atoms with E-state index >= 15 is 0 Å². The normalized spacial score (nSPS) is 12.1. The minimum absolute atomic E-state index is 0.154. The quantitative estimate of drug-likeness (QED) is 0.755. The smallest absolute Gasteiger partial charge is 0.246 e. The van der Waals surface area contributed by atoms with E-state index in [9.17, 15) is 9.90 Å². The summed E-state index contributed by atoms with van der Waals surface area (Å²) in [4.78, 5) is 15.9. The molecule has 0 bridgehead atoms. The number of primary amides is 1. The van der Waals surface area contributed by atoms with Gasteiger partial charge in [-0.05, 0) is 42.0 Å². The predicted molar refractivity (Wildman–Crippen MR) is 92.6 cm³/mol. The molecule has 0 aliphatic carbocycles.